The molecule has 118 valence electrons. The highest BCUT2D eigenvalue weighted by Crippen LogP contribution is 2.35. The fraction of sp³-hybridized carbons (Fsp3) is 0.571. The Bertz CT molecular complexity index is 471. The predicted molar refractivity (Wildman–Crippen MR) is 76.5 cm³/mol. The molecule has 0 aliphatic carbocycles. The van der Waals surface area contributed by atoms with Crippen LogP contribution in [-0.4, -0.2) is 44.0 Å². The number of hydrogen-bond donors (Lipinski definition) is 1. The molecule has 0 amide bonds. The van der Waals surface area contributed by atoms with Gasteiger partial charge in [-0.05, 0) is 25.1 Å². The number of rotatable bonds is 4. The van der Waals surface area contributed by atoms with Crippen LogP contribution in [0.15, 0.2) is 18.2 Å². The molecule has 2 N–H and O–H groups in total. The van der Waals surface area contributed by atoms with Crippen molar-refractivity contribution in [3.8, 4) is 5.75 Å². The molecule has 1 fully saturated rings. The summed E-state index contributed by atoms with van der Waals surface area (Å²) in [6.07, 6.45) is -3.64. The maximum absolute atomic E-state index is 12.3. The molecule has 1 saturated heterocycles. The zero-order valence-corrected chi connectivity index (χ0v) is 12.0. The van der Waals surface area contributed by atoms with E-state index in [-0.39, 0.29) is 11.4 Å². The second-order valence-electron chi connectivity index (χ2n) is 5.07. The van der Waals surface area contributed by atoms with Crippen LogP contribution in [-0.2, 0) is 0 Å². The monoisotopic (exact) mass is 303 g/mol. The Morgan fingerprint density at radius 1 is 1.19 bits per heavy atom. The van der Waals surface area contributed by atoms with Crippen LogP contribution >= 0.6 is 0 Å². The Morgan fingerprint density at radius 3 is 2.43 bits per heavy atom. The number of benzene rings is 1. The van der Waals surface area contributed by atoms with E-state index in [2.05, 4.69) is 16.6 Å². The van der Waals surface area contributed by atoms with Crippen molar-refractivity contribution in [1.82, 2.24) is 4.90 Å². The van der Waals surface area contributed by atoms with Crippen molar-refractivity contribution < 1.29 is 17.9 Å². The summed E-state index contributed by atoms with van der Waals surface area (Å²) < 4.78 is 41.0. The molecular formula is C14H20F3N3O. The molecule has 21 heavy (non-hydrogen) atoms. The minimum absolute atomic E-state index is 0.0405. The topological polar surface area (TPSA) is 41.7 Å². The maximum atomic E-state index is 12.3. The molecule has 0 spiro atoms. The Balaban J connectivity index is 2.09. The average molecular weight is 303 g/mol. The molecule has 4 nitrogen and oxygen atoms in total. The molecule has 0 unspecified atom stereocenters. The third-order valence-electron chi connectivity index (χ3n) is 3.52. The highest BCUT2D eigenvalue weighted by atomic mass is 19.4. The van der Waals surface area contributed by atoms with E-state index in [1.165, 1.54) is 12.1 Å². The normalized spacial score (nSPS) is 17.0. The van der Waals surface area contributed by atoms with Crippen molar-refractivity contribution in [2.75, 3.05) is 43.4 Å². The van der Waals surface area contributed by atoms with Gasteiger partial charge in [-0.15, -0.1) is 13.2 Å². The summed E-state index contributed by atoms with van der Waals surface area (Å²) in [7, 11) is 0. The van der Waals surface area contributed by atoms with E-state index < -0.39 is 6.36 Å². The molecule has 1 aromatic rings. The van der Waals surface area contributed by atoms with Gasteiger partial charge in [-0.2, -0.15) is 0 Å². The number of anilines is 2. The van der Waals surface area contributed by atoms with Crippen LogP contribution < -0.4 is 15.4 Å². The van der Waals surface area contributed by atoms with E-state index in [4.69, 9.17) is 5.73 Å². The standard InChI is InChI=1S/C14H20F3N3O/c1-2-6-19-7-9-20(10-8-19)11-4-3-5-12(13(11)18)21-14(15,16)17/h3-5H,2,6-10,18H2,1H3. The Labute approximate surface area is 122 Å². The van der Waals surface area contributed by atoms with Gasteiger partial charge in [-0.1, -0.05) is 13.0 Å². The van der Waals surface area contributed by atoms with Gasteiger partial charge in [-0.3, -0.25) is 4.90 Å². The largest absolute Gasteiger partial charge is 0.573 e. The molecule has 1 aliphatic rings. The van der Waals surface area contributed by atoms with Crippen molar-refractivity contribution in [3.63, 3.8) is 0 Å². The van der Waals surface area contributed by atoms with E-state index >= 15 is 0 Å². The summed E-state index contributed by atoms with van der Waals surface area (Å²) in [6, 6.07) is 4.50. The van der Waals surface area contributed by atoms with E-state index in [1.54, 1.807) is 6.07 Å². The van der Waals surface area contributed by atoms with Gasteiger partial charge in [0.2, 0.25) is 0 Å². The third kappa shape index (κ3) is 4.17. The quantitative estimate of drug-likeness (QED) is 0.868. The fourth-order valence-electron chi connectivity index (χ4n) is 2.55. The Morgan fingerprint density at radius 2 is 1.86 bits per heavy atom. The number of nitrogens with two attached hydrogens (primary N) is 1. The van der Waals surface area contributed by atoms with Crippen LogP contribution in [0.3, 0.4) is 0 Å². The molecule has 0 atom stereocenters. The van der Waals surface area contributed by atoms with Crippen molar-refractivity contribution in [3.05, 3.63) is 18.2 Å². The molecule has 7 heteroatoms. The van der Waals surface area contributed by atoms with Crippen LogP contribution in [0.1, 0.15) is 13.3 Å². The third-order valence-corrected chi connectivity index (χ3v) is 3.52. The molecule has 1 aromatic carbocycles. The number of nitrogens with zero attached hydrogens (tertiary/aromatic N) is 2. The van der Waals surface area contributed by atoms with Gasteiger partial charge in [0.05, 0.1) is 11.4 Å². The van der Waals surface area contributed by atoms with E-state index in [0.717, 1.165) is 39.1 Å². The van der Waals surface area contributed by atoms with Crippen LogP contribution in [0, 0.1) is 0 Å². The molecule has 0 bridgehead atoms. The summed E-state index contributed by atoms with van der Waals surface area (Å²) >= 11 is 0. The van der Waals surface area contributed by atoms with Crippen LogP contribution in [0.4, 0.5) is 24.5 Å². The summed E-state index contributed by atoms with van der Waals surface area (Å²) in [5.41, 5.74) is 6.48. The summed E-state index contributed by atoms with van der Waals surface area (Å²) in [5, 5.41) is 0. The first-order valence-electron chi connectivity index (χ1n) is 7.02. The number of ether oxygens (including phenoxy) is 1. The minimum atomic E-state index is -4.73. The molecular weight excluding hydrogens is 283 g/mol. The second-order valence-corrected chi connectivity index (χ2v) is 5.07. The van der Waals surface area contributed by atoms with Gasteiger partial charge < -0.3 is 15.4 Å². The predicted octanol–water partition coefficient (Wildman–Crippen LogP) is 2.70. The van der Waals surface area contributed by atoms with Crippen molar-refractivity contribution in [2.45, 2.75) is 19.7 Å². The van der Waals surface area contributed by atoms with Crippen molar-refractivity contribution >= 4 is 11.4 Å². The Hall–Kier alpha value is -1.63. The first-order chi connectivity index (χ1) is 9.90. The van der Waals surface area contributed by atoms with E-state index in [9.17, 15) is 13.2 Å². The zero-order valence-electron chi connectivity index (χ0n) is 12.0. The lowest BCUT2D eigenvalue weighted by atomic mass is 10.2. The van der Waals surface area contributed by atoms with Crippen LogP contribution in [0.2, 0.25) is 0 Å². The van der Waals surface area contributed by atoms with Gasteiger partial charge in [0.15, 0.2) is 5.75 Å². The lowest BCUT2D eigenvalue weighted by Gasteiger charge is -2.36. The average Bonchev–Trinajstić information content (AvgIpc) is 2.41. The first-order valence-corrected chi connectivity index (χ1v) is 7.02. The van der Waals surface area contributed by atoms with Crippen LogP contribution in [0.25, 0.3) is 0 Å². The summed E-state index contributed by atoms with van der Waals surface area (Å²) in [4.78, 5) is 4.34. The van der Waals surface area contributed by atoms with Gasteiger partial charge >= 0.3 is 6.36 Å². The number of halogens is 3. The molecule has 1 aliphatic heterocycles. The fourth-order valence-corrected chi connectivity index (χ4v) is 2.55. The molecule has 0 saturated carbocycles. The van der Waals surface area contributed by atoms with Gasteiger partial charge in [0.1, 0.15) is 0 Å². The number of nitrogen functional groups attached to an aromatic ring is 1. The molecule has 1 heterocycles. The molecule has 0 aromatic heterocycles. The van der Waals surface area contributed by atoms with Crippen LogP contribution in [0.5, 0.6) is 5.75 Å². The highest BCUT2D eigenvalue weighted by molar-refractivity contribution is 5.74. The lowest BCUT2D eigenvalue weighted by Crippen LogP contribution is -2.46. The summed E-state index contributed by atoms with van der Waals surface area (Å²) in [5.74, 6) is -0.337. The van der Waals surface area contributed by atoms with Gasteiger partial charge in [0.25, 0.3) is 0 Å². The number of alkyl halides is 3. The van der Waals surface area contributed by atoms with E-state index in [0.29, 0.717) is 5.69 Å². The zero-order chi connectivity index (χ0) is 15.5. The minimum Gasteiger partial charge on any atom is -0.403 e. The Kier molecular flexibility index (Phi) is 4.82. The second kappa shape index (κ2) is 6.43. The number of hydrogen-bond acceptors (Lipinski definition) is 4. The molecule has 0 radical (unpaired) electrons. The SMILES string of the molecule is CCCN1CCN(c2cccc(OC(F)(F)F)c2N)CC1. The lowest BCUT2D eigenvalue weighted by molar-refractivity contribution is -0.274. The van der Waals surface area contributed by atoms with E-state index in [1.807, 2.05) is 4.90 Å². The smallest absolute Gasteiger partial charge is 0.403 e. The van der Waals surface area contributed by atoms with Gasteiger partial charge in [-0.25, -0.2) is 0 Å². The highest BCUT2D eigenvalue weighted by Gasteiger charge is 2.32. The number of piperazine rings is 1. The van der Waals surface area contributed by atoms with Crippen molar-refractivity contribution in [2.24, 2.45) is 0 Å². The van der Waals surface area contributed by atoms with Gasteiger partial charge in [0, 0.05) is 26.2 Å². The first kappa shape index (κ1) is 15.8. The maximum Gasteiger partial charge on any atom is 0.573 e. The number of para-hydroxylation sites is 1. The van der Waals surface area contributed by atoms with Crippen molar-refractivity contribution in [1.29, 1.82) is 0 Å². The summed E-state index contributed by atoms with van der Waals surface area (Å²) in [6.45, 7) is 6.44. The molecule has 2 rings (SSSR count).